The lowest BCUT2D eigenvalue weighted by molar-refractivity contribution is -0.125. The minimum atomic E-state index is -1.53. The van der Waals surface area contributed by atoms with Crippen LogP contribution in [0.15, 0.2) is 57.9 Å². The molecule has 0 saturated heterocycles. The van der Waals surface area contributed by atoms with Gasteiger partial charge in [-0.2, -0.15) is 10.5 Å². The lowest BCUT2D eigenvalue weighted by atomic mass is 9.70. The lowest BCUT2D eigenvalue weighted by Gasteiger charge is -2.27. The van der Waals surface area contributed by atoms with Crippen LogP contribution in [0, 0.1) is 28.6 Å². The van der Waals surface area contributed by atoms with Gasteiger partial charge in [0.1, 0.15) is 5.41 Å². The molecule has 0 aromatic heterocycles. The second-order valence-corrected chi connectivity index (χ2v) is 7.82. The molecule has 0 radical (unpaired) electrons. The average Bonchev–Trinajstić information content (AvgIpc) is 2.89. The Balaban J connectivity index is 2.03. The summed E-state index contributed by atoms with van der Waals surface area (Å²) >= 11 is 4.35. The molecule has 7 heteroatoms. The van der Waals surface area contributed by atoms with Crippen LogP contribution >= 0.6 is 27.7 Å². The Bertz CT molecular complexity index is 951. The van der Waals surface area contributed by atoms with Gasteiger partial charge in [0.2, 0.25) is 5.91 Å². The first kappa shape index (κ1) is 18.2. The van der Waals surface area contributed by atoms with E-state index in [1.165, 1.54) is 0 Å². The number of halogens is 1. The Hall–Kier alpha value is -2.61. The van der Waals surface area contributed by atoms with E-state index in [-0.39, 0.29) is 11.5 Å². The molecule has 26 heavy (non-hydrogen) atoms. The summed E-state index contributed by atoms with van der Waals surface area (Å²) < 4.78 is 0.704. The molecule has 0 saturated carbocycles. The van der Waals surface area contributed by atoms with Crippen LogP contribution in [0.4, 0.5) is 5.69 Å². The molecule has 1 N–H and O–H groups in total. The van der Waals surface area contributed by atoms with Crippen LogP contribution in [0.5, 0.6) is 0 Å². The molecule has 0 aliphatic carbocycles. The van der Waals surface area contributed by atoms with Gasteiger partial charge >= 0.3 is 0 Å². The van der Waals surface area contributed by atoms with Crippen molar-refractivity contribution in [3.05, 3.63) is 58.6 Å². The summed E-state index contributed by atoms with van der Waals surface area (Å²) in [5.74, 6) is -1.78. The van der Waals surface area contributed by atoms with Crippen molar-refractivity contribution in [1.29, 1.82) is 10.5 Å². The number of hydrogen-bond donors (Lipinski definition) is 1. The first-order valence-corrected chi connectivity index (χ1v) is 9.28. The second kappa shape index (κ2) is 7.33. The predicted octanol–water partition coefficient (Wildman–Crippen LogP) is 4.01. The number of anilines is 1. The topological polar surface area (TPSA) is 93.8 Å². The minimum absolute atomic E-state index is 0.242. The molecule has 0 unspecified atom stereocenters. The Kier molecular flexibility index (Phi) is 5.13. The highest BCUT2D eigenvalue weighted by atomic mass is 79.9. The molecule has 0 bridgehead atoms. The fraction of sp³-hybridized carbons (Fsp3) is 0.158. The van der Waals surface area contributed by atoms with Crippen LogP contribution in [0.3, 0.4) is 0 Å². The number of thioether (sulfide) groups is 1. The molecule has 0 spiro atoms. The van der Waals surface area contributed by atoms with Crippen molar-refractivity contribution < 1.29 is 9.59 Å². The molecule has 0 fully saturated rings. The number of nitrogens with one attached hydrogen (secondary N) is 1. The molecule has 1 atom stereocenters. The Morgan fingerprint density at radius 2 is 1.88 bits per heavy atom. The van der Waals surface area contributed by atoms with Crippen molar-refractivity contribution in [3.63, 3.8) is 0 Å². The summed E-state index contributed by atoms with van der Waals surface area (Å²) in [6.07, 6.45) is -0.242. The fourth-order valence-corrected chi connectivity index (χ4v) is 4.26. The number of fused-ring (bicyclic) bond motifs is 1. The third kappa shape index (κ3) is 3.12. The molecule has 1 aliphatic rings. The highest BCUT2D eigenvalue weighted by molar-refractivity contribution is 9.10. The maximum absolute atomic E-state index is 12.8. The number of carbonyl (C=O) groups is 2. The number of nitriles is 2. The van der Waals surface area contributed by atoms with Crippen LogP contribution in [0.2, 0.25) is 0 Å². The van der Waals surface area contributed by atoms with E-state index in [1.54, 1.807) is 30.3 Å². The number of amides is 1. The summed E-state index contributed by atoms with van der Waals surface area (Å²) in [5, 5.41) is 21.4. The van der Waals surface area contributed by atoms with Crippen molar-refractivity contribution in [2.24, 2.45) is 5.92 Å². The van der Waals surface area contributed by atoms with E-state index in [1.807, 2.05) is 30.3 Å². The van der Waals surface area contributed by atoms with Crippen LogP contribution in [-0.4, -0.2) is 11.0 Å². The number of benzene rings is 2. The van der Waals surface area contributed by atoms with Crippen molar-refractivity contribution in [2.45, 2.75) is 16.7 Å². The van der Waals surface area contributed by atoms with Gasteiger partial charge in [-0.25, -0.2) is 0 Å². The zero-order valence-electron chi connectivity index (χ0n) is 13.4. The van der Waals surface area contributed by atoms with E-state index in [2.05, 4.69) is 21.2 Å². The molecule has 1 aliphatic heterocycles. The molecule has 1 heterocycles. The predicted molar refractivity (Wildman–Crippen MR) is 101 cm³/mol. The van der Waals surface area contributed by atoms with Gasteiger partial charge in [-0.15, -0.1) is 0 Å². The van der Waals surface area contributed by atoms with Gasteiger partial charge in [0.05, 0.1) is 12.1 Å². The van der Waals surface area contributed by atoms with E-state index in [0.29, 0.717) is 15.7 Å². The molecule has 1 amide bonds. The SMILES string of the molecule is N#CC(C#N)[C@]1(CC(=O)Sc2ccccc2)C(=O)Nc2ccc(Br)cc21. The Labute approximate surface area is 163 Å². The second-order valence-electron chi connectivity index (χ2n) is 5.77. The van der Waals surface area contributed by atoms with Gasteiger partial charge in [-0.05, 0) is 35.9 Å². The van der Waals surface area contributed by atoms with Crippen LogP contribution in [-0.2, 0) is 15.0 Å². The van der Waals surface area contributed by atoms with E-state index >= 15 is 0 Å². The van der Waals surface area contributed by atoms with Crippen molar-refractivity contribution in [1.82, 2.24) is 0 Å². The summed E-state index contributed by atoms with van der Waals surface area (Å²) in [4.78, 5) is 26.3. The van der Waals surface area contributed by atoms with Gasteiger partial charge in [0.15, 0.2) is 11.0 Å². The molecule has 2 aromatic rings. The number of carbonyl (C=O) groups excluding carboxylic acids is 2. The maximum Gasteiger partial charge on any atom is 0.238 e. The van der Waals surface area contributed by atoms with Gasteiger partial charge in [0, 0.05) is 21.5 Å². The van der Waals surface area contributed by atoms with Gasteiger partial charge in [0.25, 0.3) is 0 Å². The molecule has 5 nitrogen and oxygen atoms in total. The molecule has 128 valence electrons. The lowest BCUT2D eigenvalue weighted by Crippen LogP contribution is -2.42. The molecular weight excluding hydrogens is 414 g/mol. The summed E-state index contributed by atoms with van der Waals surface area (Å²) in [6.45, 7) is 0. The largest absolute Gasteiger partial charge is 0.325 e. The fourth-order valence-electron chi connectivity index (χ4n) is 3.05. The monoisotopic (exact) mass is 425 g/mol. The first-order valence-electron chi connectivity index (χ1n) is 7.67. The number of rotatable bonds is 4. The van der Waals surface area contributed by atoms with Crippen molar-refractivity contribution in [2.75, 3.05) is 5.32 Å². The standard InChI is InChI=1S/C19H12BrN3O2S/c20-13-6-7-16-15(8-13)19(18(25)23-16,12(10-21)11-22)9-17(24)26-14-4-2-1-3-5-14/h1-8,12H,9H2,(H,23,25)/t19-/m0/s1. The number of nitrogens with zero attached hydrogens (tertiary/aromatic N) is 2. The highest BCUT2D eigenvalue weighted by Gasteiger charge is 2.54. The van der Waals surface area contributed by atoms with E-state index < -0.39 is 17.2 Å². The maximum atomic E-state index is 12.8. The summed E-state index contributed by atoms with van der Waals surface area (Å²) in [5.41, 5.74) is -0.514. The third-order valence-corrected chi connectivity index (χ3v) is 5.64. The van der Waals surface area contributed by atoms with Crippen LogP contribution in [0.25, 0.3) is 0 Å². The Morgan fingerprint density at radius 1 is 1.19 bits per heavy atom. The summed E-state index contributed by atoms with van der Waals surface area (Å²) in [7, 11) is 0. The zero-order chi connectivity index (χ0) is 18.7. The van der Waals surface area contributed by atoms with Gasteiger partial charge in [-0.1, -0.05) is 45.9 Å². The third-order valence-electron chi connectivity index (χ3n) is 4.26. The minimum Gasteiger partial charge on any atom is -0.325 e. The van der Waals surface area contributed by atoms with E-state index in [0.717, 1.165) is 16.7 Å². The van der Waals surface area contributed by atoms with Crippen LogP contribution < -0.4 is 5.32 Å². The number of hydrogen-bond acceptors (Lipinski definition) is 5. The normalized spacial score (nSPS) is 17.9. The van der Waals surface area contributed by atoms with Crippen LogP contribution in [0.1, 0.15) is 12.0 Å². The first-order chi connectivity index (χ1) is 12.5. The van der Waals surface area contributed by atoms with E-state index in [4.69, 9.17) is 0 Å². The van der Waals surface area contributed by atoms with Gasteiger partial charge < -0.3 is 5.32 Å². The summed E-state index contributed by atoms with van der Waals surface area (Å²) in [6, 6.07) is 18.0. The Morgan fingerprint density at radius 3 is 2.54 bits per heavy atom. The molecular formula is C19H12BrN3O2S. The van der Waals surface area contributed by atoms with Crippen molar-refractivity contribution >= 4 is 44.4 Å². The quantitative estimate of drug-likeness (QED) is 0.746. The average molecular weight is 426 g/mol. The molecule has 3 rings (SSSR count). The molecule has 2 aromatic carbocycles. The van der Waals surface area contributed by atoms with Gasteiger partial charge in [-0.3, -0.25) is 9.59 Å². The van der Waals surface area contributed by atoms with Crippen molar-refractivity contribution in [3.8, 4) is 12.1 Å². The smallest absolute Gasteiger partial charge is 0.238 e. The van der Waals surface area contributed by atoms with E-state index in [9.17, 15) is 20.1 Å². The highest BCUT2D eigenvalue weighted by Crippen LogP contribution is 2.47. The zero-order valence-corrected chi connectivity index (χ0v) is 15.8.